The van der Waals surface area contributed by atoms with Gasteiger partial charge in [0, 0.05) is 31.6 Å². The number of carbonyl (C=O) groups excluding carboxylic acids is 1. The van der Waals surface area contributed by atoms with Gasteiger partial charge in [0.1, 0.15) is 23.5 Å². The molecule has 0 saturated heterocycles. The number of carbonyl (C=O) groups is 1. The minimum Gasteiger partial charge on any atom is -0.383 e. The Labute approximate surface area is 197 Å². The van der Waals surface area contributed by atoms with Crippen LogP contribution in [0.15, 0.2) is 43.0 Å². The predicted molar refractivity (Wildman–Crippen MR) is 129 cm³/mol. The number of rotatable bonds is 5. The largest absolute Gasteiger partial charge is 0.383 e. The fourth-order valence-electron chi connectivity index (χ4n) is 4.07. The molecule has 3 N–H and O–H groups in total. The molecule has 1 amide bonds. The summed E-state index contributed by atoms with van der Waals surface area (Å²) in [5, 5.41) is 7.68. The molecular formula is C25H25N7O2. The summed E-state index contributed by atoms with van der Waals surface area (Å²) in [6.07, 6.45) is 6.87. The van der Waals surface area contributed by atoms with E-state index in [1.165, 1.54) is 6.33 Å². The standard InChI is InChI=1S/C25H25N7O2/c1-25(10-11-25)32-19(9-6-17-12-29-31(2)13-17)20(21-22(26)27-15-28-23(21)32)24(33)30-18-7-4-16(5-8-18)14-34-3/h4-5,7-8,12-13,15H,10-11,14H2,1-3H3,(H,30,33)(H2,26,27,28). The van der Waals surface area contributed by atoms with Crippen molar-refractivity contribution in [2.45, 2.75) is 31.9 Å². The minimum atomic E-state index is -0.315. The Morgan fingerprint density at radius 2 is 2.00 bits per heavy atom. The molecule has 9 nitrogen and oxygen atoms in total. The number of anilines is 2. The molecule has 4 aromatic rings. The SMILES string of the molecule is COCc1ccc(NC(=O)c2c(C#Cc3cnn(C)c3)n(C3(C)CC3)c3ncnc(N)c23)cc1. The van der Waals surface area contributed by atoms with Gasteiger partial charge in [-0.15, -0.1) is 0 Å². The molecule has 1 aliphatic carbocycles. The molecule has 0 bridgehead atoms. The van der Waals surface area contributed by atoms with Gasteiger partial charge in [-0.3, -0.25) is 9.48 Å². The molecule has 9 heteroatoms. The second-order valence-corrected chi connectivity index (χ2v) is 8.75. The Balaban J connectivity index is 1.65. The van der Waals surface area contributed by atoms with E-state index < -0.39 is 0 Å². The second kappa shape index (κ2) is 8.32. The third-order valence-electron chi connectivity index (χ3n) is 6.07. The van der Waals surface area contributed by atoms with Crippen LogP contribution in [0, 0.1) is 11.8 Å². The summed E-state index contributed by atoms with van der Waals surface area (Å²) in [5.41, 5.74) is 10.1. The van der Waals surface area contributed by atoms with Gasteiger partial charge in [0.2, 0.25) is 0 Å². The fraction of sp³-hybridized carbons (Fsp3) is 0.280. The minimum absolute atomic E-state index is 0.182. The predicted octanol–water partition coefficient (Wildman–Crippen LogP) is 3.05. The Morgan fingerprint density at radius 1 is 1.24 bits per heavy atom. The molecule has 3 heterocycles. The highest BCUT2D eigenvalue weighted by atomic mass is 16.5. The van der Waals surface area contributed by atoms with E-state index in [2.05, 4.69) is 39.1 Å². The lowest BCUT2D eigenvalue weighted by Crippen LogP contribution is -2.18. The van der Waals surface area contributed by atoms with Gasteiger partial charge in [0.15, 0.2) is 0 Å². The molecule has 34 heavy (non-hydrogen) atoms. The van der Waals surface area contributed by atoms with E-state index in [1.807, 2.05) is 42.1 Å². The van der Waals surface area contributed by atoms with E-state index in [4.69, 9.17) is 10.5 Å². The summed E-state index contributed by atoms with van der Waals surface area (Å²) >= 11 is 0. The van der Waals surface area contributed by atoms with E-state index in [0.717, 1.165) is 24.0 Å². The van der Waals surface area contributed by atoms with Gasteiger partial charge in [0.05, 0.1) is 29.3 Å². The van der Waals surface area contributed by atoms with Crippen molar-refractivity contribution < 1.29 is 9.53 Å². The number of aryl methyl sites for hydroxylation is 1. The molecule has 172 valence electrons. The zero-order valence-corrected chi connectivity index (χ0v) is 19.3. The molecule has 0 spiro atoms. The van der Waals surface area contributed by atoms with Gasteiger partial charge < -0.3 is 20.4 Å². The maximum atomic E-state index is 13.6. The lowest BCUT2D eigenvalue weighted by molar-refractivity contribution is 0.102. The number of amides is 1. The summed E-state index contributed by atoms with van der Waals surface area (Å²) in [6.45, 7) is 2.64. The lowest BCUT2D eigenvalue weighted by Gasteiger charge is -2.14. The van der Waals surface area contributed by atoms with Crippen molar-refractivity contribution in [2.24, 2.45) is 7.05 Å². The molecular weight excluding hydrogens is 430 g/mol. The topological polar surface area (TPSA) is 113 Å². The molecule has 5 rings (SSSR count). The molecule has 1 aromatic carbocycles. The molecule has 0 unspecified atom stereocenters. The third kappa shape index (κ3) is 3.89. The number of benzene rings is 1. The normalized spacial score (nSPS) is 14.0. The van der Waals surface area contributed by atoms with Crippen LogP contribution in [0.1, 0.15) is 46.9 Å². The number of fused-ring (bicyclic) bond motifs is 1. The number of nitrogens with two attached hydrogens (primary N) is 1. The highest BCUT2D eigenvalue weighted by molar-refractivity contribution is 6.16. The molecule has 0 atom stereocenters. The zero-order chi connectivity index (χ0) is 23.9. The number of nitrogens with zero attached hydrogens (tertiary/aromatic N) is 5. The Bertz CT molecular complexity index is 1450. The number of nitrogens with one attached hydrogen (secondary N) is 1. The zero-order valence-electron chi connectivity index (χ0n) is 19.3. The van der Waals surface area contributed by atoms with Crippen molar-refractivity contribution >= 4 is 28.4 Å². The molecule has 3 aromatic heterocycles. The van der Waals surface area contributed by atoms with Gasteiger partial charge in [-0.2, -0.15) is 5.10 Å². The molecule has 0 radical (unpaired) electrons. The number of aromatic nitrogens is 5. The van der Waals surface area contributed by atoms with E-state index in [9.17, 15) is 4.79 Å². The monoisotopic (exact) mass is 455 g/mol. The number of methoxy groups -OCH3 is 1. The van der Waals surface area contributed by atoms with Crippen LogP contribution in [0.25, 0.3) is 11.0 Å². The van der Waals surface area contributed by atoms with Crippen molar-refractivity contribution in [2.75, 3.05) is 18.2 Å². The van der Waals surface area contributed by atoms with Crippen LogP contribution in [0.4, 0.5) is 11.5 Å². The summed E-state index contributed by atoms with van der Waals surface area (Å²) in [6, 6.07) is 7.51. The number of hydrogen-bond acceptors (Lipinski definition) is 6. The maximum Gasteiger partial charge on any atom is 0.259 e. The quantitative estimate of drug-likeness (QED) is 0.447. The molecule has 0 aliphatic heterocycles. The summed E-state index contributed by atoms with van der Waals surface area (Å²) in [4.78, 5) is 22.3. The van der Waals surface area contributed by atoms with E-state index in [-0.39, 0.29) is 17.3 Å². The van der Waals surface area contributed by atoms with Crippen molar-refractivity contribution in [3.05, 3.63) is 65.4 Å². The van der Waals surface area contributed by atoms with Crippen molar-refractivity contribution in [1.82, 2.24) is 24.3 Å². The molecule has 1 fully saturated rings. The third-order valence-corrected chi connectivity index (χ3v) is 6.07. The first-order valence-electron chi connectivity index (χ1n) is 10.9. The van der Waals surface area contributed by atoms with E-state index in [0.29, 0.717) is 34.6 Å². The number of hydrogen-bond donors (Lipinski definition) is 2. The van der Waals surface area contributed by atoms with Crippen LogP contribution >= 0.6 is 0 Å². The van der Waals surface area contributed by atoms with Crippen molar-refractivity contribution in [3.8, 4) is 11.8 Å². The molecule has 1 saturated carbocycles. The summed E-state index contributed by atoms with van der Waals surface area (Å²) in [7, 11) is 3.48. The first-order chi connectivity index (χ1) is 16.4. The van der Waals surface area contributed by atoms with Crippen molar-refractivity contribution in [3.63, 3.8) is 0 Å². The van der Waals surface area contributed by atoms with Gasteiger partial charge in [-0.05, 0) is 43.4 Å². The highest BCUT2D eigenvalue weighted by Crippen LogP contribution is 2.47. The maximum absolute atomic E-state index is 13.6. The second-order valence-electron chi connectivity index (χ2n) is 8.75. The van der Waals surface area contributed by atoms with Gasteiger partial charge >= 0.3 is 0 Å². The summed E-state index contributed by atoms with van der Waals surface area (Å²) in [5.74, 6) is 6.31. The first-order valence-corrected chi connectivity index (χ1v) is 10.9. The van der Waals surface area contributed by atoms with Gasteiger partial charge in [-0.25, -0.2) is 9.97 Å². The smallest absolute Gasteiger partial charge is 0.259 e. The van der Waals surface area contributed by atoms with Crippen LogP contribution in [-0.4, -0.2) is 37.3 Å². The van der Waals surface area contributed by atoms with Crippen LogP contribution in [-0.2, 0) is 23.9 Å². The van der Waals surface area contributed by atoms with Gasteiger partial charge in [-0.1, -0.05) is 18.1 Å². The van der Waals surface area contributed by atoms with Crippen LogP contribution in [0.2, 0.25) is 0 Å². The van der Waals surface area contributed by atoms with E-state index in [1.54, 1.807) is 18.0 Å². The lowest BCUT2D eigenvalue weighted by atomic mass is 10.1. The van der Waals surface area contributed by atoms with Crippen LogP contribution in [0.3, 0.4) is 0 Å². The summed E-state index contributed by atoms with van der Waals surface area (Å²) < 4.78 is 8.89. The Morgan fingerprint density at radius 3 is 2.65 bits per heavy atom. The van der Waals surface area contributed by atoms with Gasteiger partial charge in [0.25, 0.3) is 5.91 Å². The Kier molecular flexibility index (Phi) is 5.30. The first kappa shape index (κ1) is 21.7. The average molecular weight is 456 g/mol. The van der Waals surface area contributed by atoms with Crippen molar-refractivity contribution in [1.29, 1.82) is 0 Å². The Hall–Kier alpha value is -4.16. The highest BCUT2D eigenvalue weighted by Gasteiger charge is 2.43. The number of ether oxygens (including phenoxy) is 1. The number of nitrogen functional groups attached to an aromatic ring is 1. The fourth-order valence-corrected chi connectivity index (χ4v) is 4.07. The van der Waals surface area contributed by atoms with Crippen LogP contribution in [0.5, 0.6) is 0 Å². The molecule has 1 aliphatic rings. The van der Waals surface area contributed by atoms with Crippen LogP contribution < -0.4 is 11.1 Å². The van der Waals surface area contributed by atoms with E-state index >= 15 is 0 Å². The average Bonchev–Trinajstić information content (AvgIpc) is 3.25.